The van der Waals surface area contributed by atoms with E-state index in [0.717, 1.165) is 6.42 Å². The molecule has 3 unspecified atom stereocenters. The lowest BCUT2D eigenvalue weighted by molar-refractivity contribution is -0.142. The number of nitrogens with zero attached hydrogens (tertiary/aromatic N) is 4. The van der Waals surface area contributed by atoms with Gasteiger partial charge in [0.1, 0.15) is 17.8 Å². The number of amides is 1. The number of carbonyl (C=O) groups is 1. The summed E-state index contributed by atoms with van der Waals surface area (Å²) in [7, 11) is -4.69. The third kappa shape index (κ3) is 4.96. The zero-order valence-electron chi connectivity index (χ0n) is 15.4. The molecule has 14 heteroatoms. The van der Waals surface area contributed by atoms with Gasteiger partial charge in [0.15, 0.2) is 5.96 Å². The average Bonchev–Trinajstić information content (AvgIpc) is 3.07. The van der Waals surface area contributed by atoms with E-state index in [0.29, 0.717) is 23.1 Å². The van der Waals surface area contributed by atoms with E-state index in [1.54, 1.807) is 6.92 Å². The van der Waals surface area contributed by atoms with Crippen molar-refractivity contribution in [3.8, 4) is 0 Å². The molecule has 0 bridgehead atoms. The van der Waals surface area contributed by atoms with Gasteiger partial charge in [0, 0.05) is 6.54 Å². The maximum Gasteiger partial charge on any atom is 0.362 e. The average molecular weight is 415 g/mol. The second-order valence-corrected chi connectivity index (χ2v) is 7.45. The summed E-state index contributed by atoms with van der Waals surface area (Å²) in [6, 6.07) is -2.10. The lowest BCUT2D eigenvalue weighted by Crippen LogP contribution is -2.71. The van der Waals surface area contributed by atoms with E-state index >= 15 is 0 Å². The molecule has 0 saturated carbocycles. The Hall–Kier alpha value is -2.71. The molecule has 1 amide bonds. The standard InChI is InChI=1S/C14H25N9O4S/c1-3-17-12-11(23(13(12)24)28(25,26)27)8-22-19-7-10(21-22)9(2)20-14(16)18-6-4-5-15/h3,7,9,11-12,17H,1,4-6,8,15H2,2H3,(H3,16,18,20)(H,25,26,27). The van der Waals surface area contributed by atoms with Crippen LogP contribution in [-0.2, 0) is 21.6 Å². The molecule has 1 aromatic rings. The van der Waals surface area contributed by atoms with E-state index in [2.05, 4.69) is 32.7 Å². The highest BCUT2D eigenvalue weighted by Gasteiger charge is 2.53. The van der Waals surface area contributed by atoms with Gasteiger partial charge in [-0.05, 0) is 26.1 Å². The molecule has 156 valence electrons. The second-order valence-electron chi connectivity index (χ2n) is 6.16. The first kappa shape index (κ1) is 21.6. The number of guanidine groups is 1. The van der Waals surface area contributed by atoms with Crippen LogP contribution in [0.1, 0.15) is 25.1 Å². The minimum Gasteiger partial charge on any atom is -0.378 e. The number of aromatic nitrogens is 3. The van der Waals surface area contributed by atoms with Gasteiger partial charge in [0.05, 0.1) is 18.8 Å². The fourth-order valence-electron chi connectivity index (χ4n) is 2.71. The molecule has 1 aromatic heterocycles. The van der Waals surface area contributed by atoms with Crippen LogP contribution in [0, 0.1) is 5.41 Å². The predicted molar refractivity (Wildman–Crippen MR) is 100 cm³/mol. The van der Waals surface area contributed by atoms with Crippen molar-refractivity contribution < 1.29 is 17.8 Å². The molecule has 1 aliphatic rings. The van der Waals surface area contributed by atoms with Crippen LogP contribution < -0.4 is 21.7 Å². The van der Waals surface area contributed by atoms with Crippen molar-refractivity contribution in [3.05, 3.63) is 24.7 Å². The minimum absolute atomic E-state index is 0.0596. The molecule has 2 heterocycles. The van der Waals surface area contributed by atoms with Gasteiger partial charge in [0.2, 0.25) is 0 Å². The minimum atomic E-state index is -4.69. The third-order valence-electron chi connectivity index (χ3n) is 4.11. The number of hydrogen-bond acceptors (Lipinski definition) is 8. The molecule has 13 nitrogen and oxygen atoms in total. The Labute approximate surface area is 162 Å². The molecule has 0 aliphatic carbocycles. The molecule has 7 N–H and O–H groups in total. The SMILES string of the molecule is C=CNC1C(=O)N(S(=O)(=O)O)C1Cn1ncc(C(C)NC(=N)NCCCN)n1. The molecule has 0 radical (unpaired) electrons. The Morgan fingerprint density at radius 1 is 1.57 bits per heavy atom. The Morgan fingerprint density at radius 2 is 2.29 bits per heavy atom. The summed E-state index contributed by atoms with van der Waals surface area (Å²) in [4.78, 5) is 13.1. The Balaban J connectivity index is 2.01. The number of carbonyl (C=O) groups excluding carboxylic acids is 1. The van der Waals surface area contributed by atoms with Gasteiger partial charge in [-0.2, -0.15) is 23.4 Å². The van der Waals surface area contributed by atoms with Crippen molar-refractivity contribution in [2.45, 2.75) is 38.0 Å². The highest BCUT2D eigenvalue weighted by molar-refractivity contribution is 7.84. The van der Waals surface area contributed by atoms with Gasteiger partial charge in [-0.3, -0.25) is 14.8 Å². The van der Waals surface area contributed by atoms with Crippen LogP contribution in [0.3, 0.4) is 0 Å². The zero-order valence-corrected chi connectivity index (χ0v) is 16.2. The van der Waals surface area contributed by atoms with Gasteiger partial charge in [-0.1, -0.05) is 6.58 Å². The summed E-state index contributed by atoms with van der Waals surface area (Å²) < 4.78 is 32.5. The fraction of sp³-hybridized carbons (Fsp3) is 0.571. The largest absolute Gasteiger partial charge is 0.378 e. The van der Waals surface area contributed by atoms with Crippen LogP contribution in [0.2, 0.25) is 0 Å². The summed E-state index contributed by atoms with van der Waals surface area (Å²) in [6.07, 6.45) is 3.48. The topological polar surface area (TPSA) is 191 Å². The molecule has 0 spiro atoms. The van der Waals surface area contributed by atoms with Crippen LogP contribution in [-0.4, -0.2) is 69.3 Å². The molecule has 0 aromatic carbocycles. The molecule has 1 saturated heterocycles. The van der Waals surface area contributed by atoms with E-state index in [9.17, 15) is 17.8 Å². The normalized spacial score (nSPS) is 20.2. The van der Waals surface area contributed by atoms with E-state index in [4.69, 9.17) is 11.1 Å². The molecule has 3 atom stereocenters. The van der Waals surface area contributed by atoms with E-state index < -0.39 is 28.3 Å². The van der Waals surface area contributed by atoms with Gasteiger partial charge in [0.25, 0.3) is 5.91 Å². The number of nitrogens with one attached hydrogen (secondary N) is 4. The van der Waals surface area contributed by atoms with E-state index in [-0.39, 0.29) is 18.5 Å². The maximum absolute atomic E-state index is 11.9. The predicted octanol–water partition coefficient (Wildman–Crippen LogP) is -2.08. The van der Waals surface area contributed by atoms with Crippen molar-refractivity contribution in [1.82, 2.24) is 35.2 Å². The number of hydrogen-bond donors (Lipinski definition) is 6. The highest BCUT2D eigenvalue weighted by atomic mass is 32.2. The van der Waals surface area contributed by atoms with Gasteiger partial charge < -0.3 is 21.7 Å². The maximum atomic E-state index is 11.9. The van der Waals surface area contributed by atoms with Gasteiger partial charge in [-0.15, -0.1) is 0 Å². The first-order valence-electron chi connectivity index (χ1n) is 8.55. The summed E-state index contributed by atoms with van der Waals surface area (Å²) >= 11 is 0. The van der Waals surface area contributed by atoms with Crippen molar-refractivity contribution in [3.63, 3.8) is 0 Å². The molecular weight excluding hydrogens is 390 g/mol. The van der Waals surface area contributed by atoms with Crippen LogP contribution >= 0.6 is 0 Å². The number of rotatable bonds is 10. The Kier molecular flexibility index (Phi) is 6.93. The Bertz CT molecular complexity index is 825. The fourth-order valence-corrected chi connectivity index (χ4v) is 3.58. The smallest absolute Gasteiger partial charge is 0.362 e. The van der Waals surface area contributed by atoms with Crippen LogP contribution in [0.25, 0.3) is 0 Å². The monoisotopic (exact) mass is 415 g/mol. The summed E-state index contributed by atoms with van der Waals surface area (Å²) in [6.45, 7) is 6.27. The number of β-lactam (4-membered cyclic amide) rings is 1. The van der Waals surface area contributed by atoms with E-state index in [1.165, 1.54) is 17.2 Å². The van der Waals surface area contributed by atoms with Crippen molar-refractivity contribution in [1.29, 1.82) is 5.41 Å². The quantitative estimate of drug-likeness (QED) is 0.0812. The van der Waals surface area contributed by atoms with Crippen LogP contribution in [0.4, 0.5) is 0 Å². The van der Waals surface area contributed by atoms with E-state index in [1.807, 2.05) is 0 Å². The first-order chi connectivity index (χ1) is 13.2. The summed E-state index contributed by atoms with van der Waals surface area (Å²) in [5.41, 5.74) is 5.92. The summed E-state index contributed by atoms with van der Waals surface area (Å²) in [5.74, 6) is -0.667. The summed E-state index contributed by atoms with van der Waals surface area (Å²) in [5, 5.41) is 24.6. The second kappa shape index (κ2) is 8.99. The van der Waals surface area contributed by atoms with Crippen LogP contribution in [0.5, 0.6) is 0 Å². The number of nitrogens with two attached hydrogens (primary N) is 1. The van der Waals surface area contributed by atoms with Crippen molar-refractivity contribution in [2.75, 3.05) is 13.1 Å². The third-order valence-corrected chi connectivity index (χ3v) is 5.05. The van der Waals surface area contributed by atoms with Gasteiger partial charge >= 0.3 is 10.3 Å². The highest BCUT2D eigenvalue weighted by Crippen LogP contribution is 2.25. The zero-order chi connectivity index (χ0) is 20.9. The van der Waals surface area contributed by atoms with Crippen molar-refractivity contribution in [2.24, 2.45) is 5.73 Å². The lowest BCUT2D eigenvalue weighted by atomic mass is 9.99. The Morgan fingerprint density at radius 3 is 2.89 bits per heavy atom. The molecule has 28 heavy (non-hydrogen) atoms. The van der Waals surface area contributed by atoms with Crippen LogP contribution in [0.15, 0.2) is 19.0 Å². The molecule has 1 aliphatic heterocycles. The molecule has 1 fully saturated rings. The lowest BCUT2D eigenvalue weighted by Gasteiger charge is -2.43. The first-order valence-corrected chi connectivity index (χ1v) is 9.95. The van der Waals surface area contributed by atoms with Crippen molar-refractivity contribution >= 4 is 22.2 Å². The molecule has 2 rings (SSSR count). The molecular formula is C14H25N9O4S. The van der Waals surface area contributed by atoms with Gasteiger partial charge in [-0.25, -0.2) is 4.31 Å².